The maximum Gasteiger partial charge on any atom is 0.0297 e. The molecule has 82 valence electrons. The second kappa shape index (κ2) is 6.70. The molecule has 0 aliphatic rings. The highest BCUT2D eigenvalue weighted by atomic mass is 32.2. The molecule has 0 fully saturated rings. The van der Waals surface area contributed by atoms with Gasteiger partial charge in [-0.25, -0.2) is 0 Å². The van der Waals surface area contributed by atoms with Gasteiger partial charge in [0.2, 0.25) is 0 Å². The number of hydrogen-bond acceptors (Lipinski definition) is 2. The van der Waals surface area contributed by atoms with Gasteiger partial charge in [-0.15, -0.1) is 18.3 Å². The van der Waals surface area contributed by atoms with Crippen LogP contribution in [-0.4, -0.2) is 5.75 Å². The summed E-state index contributed by atoms with van der Waals surface area (Å²) in [5, 5.41) is 0. The molecule has 1 atom stereocenters. The van der Waals surface area contributed by atoms with Crippen LogP contribution in [0.15, 0.2) is 41.8 Å². The van der Waals surface area contributed by atoms with Crippen molar-refractivity contribution < 1.29 is 0 Å². The average Bonchev–Trinajstić information content (AvgIpc) is 2.27. The smallest absolute Gasteiger partial charge is 0.0297 e. The summed E-state index contributed by atoms with van der Waals surface area (Å²) in [4.78, 5) is 1.32. The van der Waals surface area contributed by atoms with E-state index in [0.29, 0.717) is 0 Å². The summed E-state index contributed by atoms with van der Waals surface area (Å²) in [5.74, 6) is 1.11. The van der Waals surface area contributed by atoms with Crippen molar-refractivity contribution in [1.29, 1.82) is 0 Å². The van der Waals surface area contributed by atoms with Gasteiger partial charge >= 0.3 is 0 Å². The largest absolute Gasteiger partial charge is 0.324 e. The molecule has 0 aromatic heterocycles. The van der Waals surface area contributed by atoms with E-state index in [1.165, 1.54) is 10.5 Å². The third-order valence-corrected chi connectivity index (χ3v) is 3.20. The molecule has 1 aromatic carbocycles. The highest BCUT2D eigenvalue weighted by Gasteiger charge is 2.04. The van der Waals surface area contributed by atoms with E-state index in [2.05, 4.69) is 37.8 Å². The van der Waals surface area contributed by atoms with E-state index in [4.69, 9.17) is 5.73 Å². The van der Waals surface area contributed by atoms with E-state index < -0.39 is 0 Å². The summed E-state index contributed by atoms with van der Waals surface area (Å²) < 4.78 is 0. The highest BCUT2D eigenvalue weighted by molar-refractivity contribution is 7.99. The fourth-order valence-electron chi connectivity index (χ4n) is 1.44. The third-order valence-electron chi connectivity index (χ3n) is 2.30. The van der Waals surface area contributed by atoms with E-state index in [0.717, 1.165) is 18.6 Å². The van der Waals surface area contributed by atoms with Crippen molar-refractivity contribution in [3.63, 3.8) is 0 Å². The van der Waals surface area contributed by atoms with Crippen LogP contribution < -0.4 is 5.73 Å². The lowest BCUT2D eigenvalue weighted by Crippen LogP contribution is -2.09. The molecule has 0 saturated heterocycles. The van der Waals surface area contributed by atoms with Crippen molar-refractivity contribution in [1.82, 2.24) is 0 Å². The maximum absolute atomic E-state index is 6.05. The van der Waals surface area contributed by atoms with Crippen LogP contribution in [0, 0.1) is 0 Å². The predicted molar refractivity (Wildman–Crippen MR) is 69.2 cm³/mol. The Hall–Kier alpha value is -0.730. The standard InChI is InChI=1S/C13H19NS/c1-3-5-6-13(14)11-7-9-12(10-8-11)15-4-2/h3,7-10,13H,1,4-6,14H2,2H3/t13-/m1/s1. The molecule has 1 aromatic rings. The topological polar surface area (TPSA) is 26.0 Å². The Morgan fingerprint density at radius 3 is 2.60 bits per heavy atom. The van der Waals surface area contributed by atoms with Crippen molar-refractivity contribution in [2.75, 3.05) is 5.75 Å². The average molecular weight is 221 g/mol. The van der Waals surface area contributed by atoms with Gasteiger partial charge in [0.1, 0.15) is 0 Å². The Balaban J connectivity index is 2.58. The molecule has 0 unspecified atom stereocenters. The van der Waals surface area contributed by atoms with Gasteiger partial charge in [-0.1, -0.05) is 25.1 Å². The molecule has 0 aliphatic carbocycles. The van der Waals surface area contributed by atoms with Crippen LogP contribution in [0.3, 0.4) is 0 Å². The van der Waals surface area contributed by atoms with E-state index in [1.54, 1.807) is 0 Å². The maximum atomic E-state index is 6.05. The zero-order valence-electron chi connectivity index (χ0n) is 9.28. The van der Waals surface area contributed by atoms with Gasteiger partial charge in [0.15, 0.2) is 0 Å². The summed E-state index contributed by atoms with van der Waals surface area (Å²) >= 11 is 1.86. The first kappa shape index (κ1) is 12.3. The first-order chi connectivity index (χ1) is 7.27. The Bertz CT molecular complexity index is 292. The van der Waals surface area contributed by atoms with Crippen LogP contribution in [0.4, 0.5) is 0 Å². The summed E-state index contributed by atoms with van der Waals surface area (Å²) in [5.41, 5.74) is 7.27. The van der Waals surface area contributed by atoms with Crippen LogP contribution in [0.2, 0.25) is 0 Å². The zero-order chi connectivity index (χ0) is 11.1. The molecule has 0 saturated carbocycles. The van der Waals surface area contributed by atoms with Gasteiger partial charge < -0.3 is 5.73 Å². The SMILES string of the molecule is C=CCC[C@@H](N)c1ccc(SCC)cc1. The molecule has 0 heterocycles. The quantitative estimate of drug-likeness (QED) is 0.584. The molecule has 2 heteroatoms. The minimum atomic E-state index is 0.142. The van der Waals surface area contributed by atoms with Crippen LogP contribution >= 0.6 is 11.8 Å². The number of allylic oxidation sites excluding steroid dienone is 1. The van der Waals surface area contributed by atoms with Crippen molar-refractivity contribution in [3.05, 3.63) is 42.5 Å². The fourth-order valence-corrected chi connectivity index (χ4v) is 2.10. The fraction of sp³-hybridized carbons (Fsp3) is 0.385. The van der Waals surface area contributed by atoms with Gasteiger partial charge in [0.25, 0.3) is 0 Å². The third kappa shape index (κ3) is 4.10. The lowest BCUT2D eigenvalue weighted by Gasteiger charge is -2.11. The van der Waals surface area contributed by atoms with Gasteiger partial charge in [-0.2, -0.15) is 0 Å². The van der Waals surface area contributed by atoms with Gasteiger partial charge in [0.05, 0.1) is 0 Å². The predicted octanol–water partition coefficient (Wildman–Crippen LogP) is 3.76. The van der Waals surface area contributed by atoms with E-state index >= 15 is 0 Å². The minimum absolute atomic E-state index is 0.142. The zero-order valence-corrected chi connectivity index (χ0v) is 10.1. The highest BCUT2D eigenvalue weighted by Crippen LogP contribution is 2.21. The number of benzene rings is 1. The lowest BCUT2D eigenvalue weighted by molar-refractivity contribution is 0.661. The first-order valence-corrected chi connectivity index (χ1v) is 6.35. The Labute approximate surface area is 96.8 Å². The van der Waals surface area contributed by atoms with E-state index in [9.17, 15) is 0 Å². The number of hydrogen-bond donors (Lipinski definition) is 1. The van der Waals surface area contributed by atoms with Gasteiger partial charge in [0, 0.05) is 10.9 Å². The molecule has 2 N–H and O–H groups in total. The first-order valence-electron chi connectivity index (χ1n) is 5.37. The summed E-state index contributed by atoms with van der Waals surface area (Å²) in [6.07, 6.45) is 3.87. The molecule has 0 radical (unpaired) electrons. The molecule has 0 spiro atoms. The lowest BCUT2D eigenvalue weighted by atomic mass is 10.0. The van der Waals surface area contributed by atoms with Crippen molar-refractivity contribution in [3.8, 4) is 0 Å². The van der Waals surface area contributed by atoms with Crippen LogP contribution in [0.25, 0.3) is 0 Å². The number of rotatable bonds is 6. The van der Waals surface area contributed by atoms with E-state index in [1.807, 2.05) is 17.8 Å². The summed E-state index contributed by atoms with van der Waals surface area (Å²) in [6.45, 7) is 5.87. The summed E-state index contributed by atoms with van der Waals surface area (Å²) in [6, 6.07) is 8.70. The molecule has 15 heavy (non-hydrogen) atoms. The van der Waals surface area contributed by atoms with Gasteiger partial charge in [-0.3, -0.25) is 0 Å². The second-order valence-electron chi connectivity index (χ2n) is 3.47. The van der Waals surface area contributed by atoms with Crippen molar-refractivity contribution in [2.45, 2.75) is 30.7 Å². The minimum Gasteiger partial charge on any atom is -0.324 e. The summed E-state index contributed by atoms with van der Waals surface area (Å²) in [7, 11) is 0. The molecule has 1 nitrogen and oxygen atoms in total. The Kier molecular flexibility index (Phi) is 5.51. The van der Waals surface area contributed by atoms with Crippen LogP contribution in [0.5, 0.6) is 0 Å². The monoisotopic (exact) mass is 221 g/mol. The van der Waals surface area contributed by atoms with Gasteiger partial charge in [-0.05, 0) is 36.3 Å². The Morgan fingerprint density at radius 2 is 2.07 bits per heavy atom. The Morgan fingerprint density at radius 1 is 1.40 bits per heavy atom. The molecule has 0 bridgehead atoms. The number of nitrogens with two attached hydrogens (primary N) is 1. The second-order valence-corrected chi connectivity index (χ2v) is 4.81. The van der Waals surface area contributed by atoms with Crippen LogP contribution in [-0.2, 0) is 0 Å². The van der Waals surface area contributed by atoms with Crippen molar-refractivity contribution in [2.24, 2.45) is 5.73 Å². The molecular formula is C13H19NS. The normalized spacial score (nSPS) is 12.4. The van der Waals surface area contributed by atoms with Crippen molar-refractivity contribution >= 4 is 11.8 Å². The molecule has 1 rings (SSSR count). The molecular weight excluding hydrogens is 202 g/mol. The molecule has 0 amide bonds. The van der Waals surface area contributed by atoms with E-state index in [-0.39, 0.29) is 6.04 Å². The number of thioether (sulfide) groups is 1. The van der Waals surface area contributed by atoms with Crippen LogP contribution in [0.1, 0.15) is 31.4 Å². The molecule has 0 aliphatic heterocycles.